The maximum atomic E-state index is 6.14. The molecule has 0 spiro atoms. The molecule has 0 aliphatic rings. The highest BCUT2D eigenvalue weighted by Crippen LogP contribution is 2.24. The van der Waals surface area contributed by atoms with E-state index >= 15 is 0 Å². The van der Waals surface area contributed by atoms with E-state index in [0.29, 0.717) is 6.04 Å². The van der Waals surface area contributed by atoms with Crippen LogP contribution in [0.2, 0.25) is 5.02 Å². The first kappa shape index (κ1) is 16.5. The Hall–Kier alpha value is -0.830. The number of halogens is 2. The zero-order valence-corrected chi connectivity index (χ0v) is 14.8. The van der Waals surface area contributed by atoms with Gasteiger partial charge in [0.1, 0.15) is 0 Å². The maximum absolute atomic E-state index is 6.14. The lowest BCUT2D eigenvalue weighted by molar-refractivity contribution is 0.529. The van der Waals surface area contributed by atoms with Crippen molar-refractivity contribution >= 4 is 27.5 Å². The molecule has 2 aromatic rings. The molecule has 0 radical (unpaired) electrons. The largest absolute Gasteiger partial charge is 0.310 e. The highest BCUT2D eigenvalue weighted by Gasteiger charge is 2.12. The molecule has 3 heteroatoms. The van der Waals surface area contributed by atoms with Gasteiger partial charge in [-0.15, -0.1) is 0 Å². The maximum Gasteiger partial charge on any atom is 0.0435 e. The minimum absolute atomic E-state index is 0.315. The van der Waals surface area contributed by atoms with E-state index in [9.17, 15) is 0 Å². The molecule has 0 heterocycles. The van der Waals surface area contributed by atoms with Crippen LogP contribution in [0.1, 0.15) is 36.1 Å². The fourth-order valence-corrected chi connectivity index (χ4v) is 2.97. The molecule has 0 saturated heterocycles. The Kier molecular flexibility index (Phi) is 6.28. The van der Waals surface area contributed by atoms with Gasteiger partial charge in [-0.05, 0) is 61.2 Å². The summed E-state index contributed by atoms with van der Waals surface area (Å²) in [6.07, 6.45) is 2.10. The Morgan fingerprint density at radius 2 is 2.00 bits per heavy atom. The molecule has 0 saturated carbocycles. The molecular formula is C18H21BrClN. The predicted molar refractivity (Wildman–Crippen MR) is 95.1 cm³/mol. The third kappa shape index (κ3) is 4.84. The van der Waals surface area contributed by atoms with Crippen molar-refractivity contribution < 1.29 is 0 Å². The van der Waals surface area contributed by atoms with Crippen LogP contribution in [0.15, 0.2) is 46.9 Å². The molecule has 0 bridgehead atoms. The number of nitrogens with one attached hydrogen (secondary N) is 1. The Labute approximate surface area is 140 Å². The molecule has 2 rings (SSSR count). The quantitative estimate of drug-likeness (QED) is 0.692. The van der Waals surface area contributed by atoms with Crippen LogP contribution in [0.5, 0.6) is 0 Å². The topological polar surface area (TPSA) is 12.0 Å². The Balaban J connectivity index is 2.22. The van der Waals surface area contributed by atoms with Crippen LogP contribution in [0.25, 0.3) is 0 Å². The van der Waals surface area contributed by atoms with E-state index < -0.39 is 0 Å². The summed E-state index contributed by atoms with van der Waals surface area (Å²) in [6.45, 7) is 5.26. The van der Waals surface area contributed by atoms with E-state index in [1.165, 1.54) is 11.1 Å². The fourth-order valence-electron chi connectivity index (χ4n) is 2.41. The number of hydrogen-bond donors (Lipinski definition) is 1. The number of rotatable bonds is 6. The summed E-state index contributed by atoms with van der Waals surface area (Å²) in [5.74, 6) is 0. The summed E-state index contributed by atoms with van der Waals surface area (Å²) in [7, 11) is 0. The van der Waals surface area contributed by atoms with Crippen LogP contribution in [0.4, 0.5) is 0 Å². The van der Waals surface area contributed by atoms with E-state index in [1.807, 2.05) is 6.07 Å². The summed E-state index contributed by atoms with van der Waals surface area (Å²) in [5, 5.41) is 4.47. The standard InChI is InChI=1S/C18H21BrClN/c1-3-9-21-18(12-14-5-4-6-16(19)11-14)15-7-8-17(20)13(2)10-15/h4-8,10-11,18,21H,3,9,12H2,1-2H3. The van der Waals surface area contributed by atoms with Gasteiger partial charge in [-0.3, -0.25) is 0 Å². The van der Waals surface area contributed by atoms with Gasteiger partial charge in [0.15, 0.2) is 0 Å². The van der Waals surface area contributed by atoms with Crippen LogP contribution in [-0.2, 0) is 6.42 Å². The molecule has 0 amide bonds. The van der Waals surface area contributed by atoms with Gasteiger partial charge in [0.25, 0.3) is 0 Å². The van der Waals surface area contributed by atoms with Crippen LogP contribution >= 0.6 is 27.5 Å². The van der Waals surface area contributed by atoms with Crippen molar-refractivity contribution in [2.75, 3.05) is 6.54 Å². The van der Waals surface area contributed by atoms with Gasteiger partial charge in [0, 0.05) is 15.5 Å². The van der Waals surface area contributed by atoms with Crippen LogP contribution in [0.3, 0.4) is 0 Å². The summed E-state index contributed by atoms with van der Waals surface area (Å²) in [5.41, 5.74) is 3.75. The van der Waals surface area contributed by atoms with Crippen molar-refractivity contribution in [2.24, 2.45) is 0 Å². The minimum Gasteiger partial charge on any atom is -0.310 e. The average molecular weight is 367 g/mol. The van der Waals surface area contributed by atoms with Crippen molar-refractivity contribution in [3.8, 4) is 0 Å². The highest BCUT2D eigenvalue weighted by molar-refractivity contribution is 9.10. The molecule has 0 fully saturated rings. The van der Waals surface area contributed by atoms with Gasteiger partial charge < -0.3 is 5.32 Å². The van der Waals surface area contributed by atoms with Crippen LogP contribution < -0.4 is 5.32 Å². The third-order valence-corrected chi connectivity index (χ3v) is 4.47. The Morgan fingerprint density at radius 1 is 1.19 bits per heavy atom. The first-order valence-electron chi connectivity index (χ1n) is 7.34. The summed E-state index contributed by atoms with van der Waals surface area (Å²) < 4.78 is 1.13. The molecule has 0 aliphatic carbocycles. The zero-order chi connectivity index (χ0) is 15.2. The van der Waals surface area contributed by atoms with E-state index in [4.69, 9.17) is 11.6 Å². The SMILES string of the molecule is CCCNC(Cc1cccc(Br)c1)c1ccc(Cl)c(C)c1. The highest BCUT2D eigenvalue weighted by atomic mass is 79.9. The normalized spacial score (nSPS) is 12.4. The molecule has 1 unspecified atom stereocenters. The van der Waals surface area contributed by atoms with Gasteiger partial charge in [-0.25, -0.2) is 0 Å². The molecule has 0 aromatic heterocycles. The van der Waals surface area contributed by atoms with E-state index in [0.717, 1.165) is 34.4 Å². The zero-order valence-electron chi connectivity index (χ0n) is 12.5. The van der Waals surface area contributed by atoms with E-state index in [-0.39, 0.29) is 0 Å². The van der Waals surface area contributed by atoms with E-state index in [1.54, 1.807) is 0 Å². The lowest BCUT2D eigenvalue weighted by Crippen LogP contribution is -2.24. The minimum atomic E-state index is 0.315. The number of hydrogen-bond acceptors (Lipinski definition) is 1. The lowest BCUT2D eigenvalue weighted by atomic mass is 9.97. The van der Waals surface area contributed by atoms with Crippen molar-refractivity contribution in [1.82, 2.24) is 5.32 Å². The second kappa shape index (κ2) is 7.98. The van der Waals surface area contributed by atoms with Crippen LogP contribution in [-0.4, -0.2) is 6.54 Å². The second-order valence-corrected chi connectivity index (χ2v) is 6.67. The summed E-state index contributed by atoms with van der Waals surface area (Å²) in [4.78, 5) is 0. The smallest absolute Gasteiger partial charge is 0.0435 e. The molecule has 1 atom stereocenters. The van der Waals surface area contributed by atoms with Gasteiger partial charge in [0.05, 0.1) is 0 Å². The summed E-state index contributed by atoms with van der Waals surface area (Å²) in [6, 6.07) is 15.1. The van der Waals surface area contributed by atoms with Gasteiger partial charge in [-0.1, -0.05) is 58.7 Å². The first-order valence-corrected chi connectivity index (χ1v) is 8.51. The Bertz CT molecular complexity index is 598. The average Bonchev–Trinajstić information content (AvgIpc) is 2.46. The Morgan fingerprint density at radius 3 is 2.67 bits per heavy atom. The van der Waals surface area contributed by atoms with Crippen LogP contribution in [0, 0.1) is 6.92 Å². The van der Waals surface area contributed by atoms with E-state index in [2.05, 4.69) is 71.5 Å². The molecule has 2 aromatic carbocycles. The number of aryl methyl sites for hydroxylation is 1. The predicted octanol–water partition coefficient (Wildman–Crippen LogP) is 5.69. The molecule has 112 valence electrons. The molecule has 1 nitrogen and oxygen atoms in total. The van der Waals surface area contributed by atoms with Crippen molar-refractivity contribution in [3.05, 3.63) is 68.7 Å². The molecular weight excluding hydrogens is 346 g/mol. The van der Waals surface area contributed by atoms with Crippen molar-refractivity contribution in [2.45, 2.75) is 32.7 Å². The second-order valence-electron chi connectivity index (χ2n) is 5.35. The number of benzene rings is 2. The van der Waals surface area contributed by atoms with Crippen molar-refractivity contribution in [1.29, 1.82) is 0 Å². The molecule has 0 aliphatic heterocycles. The summed E-state index contributed by atoms with van der Waals surface area (Å²) >= 11 is 9.69. The van der Waals surface area contributed by atoms with Gasteiger partial charge in [0.2, 0.25) is 0 Å². The van der Waals surface area contributed by atoms with Gasteiger partial charge >= 0.3 is 0 Å². The molecule has 21 heavy (non-hydrogen) atoms. The van der Waals surface area contributed by atoms with Crippen molar-refractivity contribution in [3.63, 3.8) is 0 Å². The first-order chi connectivity index (χ1) is 10.1. The lowest BCUT2D eigenvalue weighted by Gasteiger charge is -2.20. The third-order valence-electron chi connectivity index (χ3n) is 3.55. The molecule has 1 N–H and O–H groups in total. The van der Waals surface area contributed by atoms with Gasteiger partial charge in [-0.2, -0.15) is 0 Å². The fraction of sp³-hybridized carbons (Fsp3) is 0.333. The monoisotopic (exact) mass is 365 g/mol.